The van der Waals surface area contributed by atoms with E-state index in [2.05, 4.69) is 53.0 Å². The number of carbonyl (C=O) groups is 2. The minimum atomic E-state index is -0.637. The molecule has 3 aromatic carbocycles. The summed E-state index contributed by atoms with van der Waals surface area (Å²) < 4.78 is 24.5. The van der Waals surface area contributed by atoms with Crippen molar-refractivity contribution in [1.29, 1.82) is 0 Å². The van der Waals surface area contributed by atoms with Crippen molar-refractivity contribution in [2.45, 2.75) is 26.5 Å². The van der Waals surface area contributed by atoms with Crippen LogP contribution in [0.25, 0.3) is 0 Å². The third kappa shape index (κ3) is 8.58. The van der Waals surface area contributed by atoms with Gasteiger partial charge in [0, 0.05) is 25.8 Å². The predicted molar refractivity (Wildman–Crippen MR) is 178 cm³/mol. The number of methoxy groups -OCH3 is 1. The number of hydrogen-bond donors (Lipinski definition) is 3. The maximum Gasteiger partial charge on any atom is 0.338 e. The van der Waals surface area contributed by atoms with Crippen molar-refractivity contribution in [3.05, 3.63) is 97.6 Å². The molecule has 0 saturated heterocycles. The van der Waals surface area contributed by atoms with Crippen molar-refractivity contribution < 1.29 is 28.5 Å². The van der Waals surface area contributed by atoms with Gasteiger partial charge in [-0.3, -0.25) is 4.79 Å². The molecule has 3 N–H and O–H groups in total. The van der Waals surface area contributed by atoms with Gasteiger partial charge in [-0.15, -0.1) is 0 Å². The number of nitrogens with zero attached hydrogens (tertiary/aromatic N) is 1. The molecule has 230 valence electrons. The molecule has 1 atom stereocenters. The first kappa shape index (κ1) is 33.0. The van der Waals surface area contributed by atoms with E-state index in [0.29, 0.717) is 51.4 Å². The van der Waals surface area contributed by atoms with Crippen molar-refractivity contribution in [2.24, 2.45) is 5.10 Å². The highest BCUT2D eigenvalue weighted by atomic mass is 79.9. The molecule has 1 heterocycles. The fourth-order valence-electron chi connectivity index (χ4n) is 4.33. The lowest BCUT2D eigenvalue weighted by Gasteiger charge is -2.30. The zero-order chi connectivity index (χ0) is 31.6. The van der Waals surface area contributed by atoms with Crippen LogP contribution in [0, 0.1) is 0 Å². The van der Waals surface area contributed by atoms with Crippen LogP contribution in [0.4, 0.5) is 0 Å². The number of rotatable bonds is 12. The van der Waals surface area contributed by atoms with E-state index < -0.39 is 17.9 Å². The van der Waals surface area contributed by atoms with Gasteiger partial charge < -0.3 is 29.6 Å². The van der Waals surface area contributed by atoms with Crippen LogP contribution in [0.3, 0.4) is 0 Å². The fourth-order valence-corrected chi connectivity index (χ4v) is 5.32. The minimum Gasteiger partial charge on any atom is -0.493 e. The average molecular weight is 746 g/mol. The number of esters is 1. The van der Waals surface area contributed by atoms with Gasteiger partial charge in [-0.05, 0) is 62.0 Å². The number of para-hydroxylation sites is 1. The van der Waals surface area contributed by atoms with E-state index >= 15 is 0 Å². The SMILES string of the molecule is CCOC(=O)C1=C(C)NC(=S)N[C@@H]1c1ccccc1OCC(=O)NN=Cc1cc(Br)cc(OC)c1OCc1ccc(Br)cc1. The Labute approximate surface area is 277 Å². The molecule has 0 aliphatic carbocycles. The number of allylic oxidation sites excluding steroid dienone is 1. The molecule has 13 heteroatoms. The predicted octanol–water partition coefficient (Wildman–Crippen LogP) is 5.68. The van der Waals surface area contributed by atoms with Gasteiger partial charge in [-0.25, -0.2) is 10.2 Å². The van der Waals surface area contributed by atoms with E-state index in [1.807, 2.05) is 24.3 Å². The summed E-state index contributed by atoms with van der Waals surface area (Å²) in [5.41, 5.74) is 5.59. The number of hydrazone groups is 1. The summed E-state index contributed by atoms with van der Waals surface area (Å²) in [5.74, 6) is 0.380. The van der Waals surface area contributed by atoms with Gasteiger partial charge in [0.15, 0.2) is 23.2 Å². The zero-order valence-corrected chi connectivity index (χ0v) is 28.1. The second-order valence-corrected chi connectivity index (χ2v) is 11.6. The van der Waals surface area contributed by atoms with Gasteiger partial charge in [0.25, 0.3) is 5.91 Å². The molecule has 0 radical (unpaired) electrons. The molecule has 0 unspecified atom stereocenters. The molecule has 0 bridgehead atoms. The maximum absolute atomic E-state index is 12.8. The van der Waals surface area contributed by atoms with E-state index in [9.17, 15) is 9.59 Å². The third-order valence-corrected chi connectivity index (χ3v) is 7.52. The zero-order valence-electron chi connectivity index (χ0n) is 24.1. The van der Waals surface area contributed by atoms with Gasteiger partial charge in [-0.1, -0.05) is 62.2 Å². The molecule has 0 spiro atoms. The highest BCUT2D eigenvalue weighted by Gasteiger charge is 2.32. The smallest absolute Gasteiger partial charge is 0.338 e. The Morgan fingerprint density at radius 2 is 1.80 bits per heavy atom. The van der Waals surface area contributed by atoms with Crippen LogP contribution in [0.2, 0.25) is 0 Å². The van der Waals surface area contributed by atoms with Crippen molar-refractivity contribution >= 4 is 67.3 Å². The third-order valence-electron chi connectivity index (χ3n) is 6.31. The lowest BCUT2D eigenvalue weighted by Crippen LogP contribution is -2.45. The second-order valence-electron chi connectivity index (χ2n) is 9.35. The first-order valence-electron chi connectivity index (χ1n) is 13.4. The second kappa shape index (κ2) is 15.7. The highest BCUT2D eigenvalue weighted by molar-refractivity contribution is 9.10. The van der Waals surface area contributed by atoms with Crippen LogP contribution in [-0.2, 0) is 20.9 Å². The van der Waals surface area contributed by atoms with Crippen LogP contribution in [0.15, 0.2) is 86.0 Å². The molecule has 0 fully saturated rings. The Kier molecular flexibility index (Phi) is 11.8. The summed E-state index contributed by atoms with van der Waals surface area (Å²) in [6, 6.07) is 17.8. The summed E-state index contributed by atoms with van der Waals surface area (Å²) >= 11 is 12.2. The number of amides is 1. The molecular formula is C31H30Br2N4O6S. The molecule has 4 rings (SSSR count). The molecule has 1 aliphatic heterocycles. The van der Waals surface area contributed by atoms with Crippen LogP contribution >= 0.6 is 44.1 Å². The Bertz CT molecular complexity index is 1600. The molecule has 10 nitrogen and oxygen atoms in total. The number of hydrogen-bond acceptors (Lipinski definition) is 8. The van der Waals surface area contributed by atoms with Gasteiger partial charge in [0.2, 0.25) is 0 Å². The van der Waals surface area contributed by atoms with E-state index in [1.165, 1.54) is 6.21 Å². The number of halogens is 2. The molecule has 3 aromatic rings. The lowest BCUT2D eigenvalue weighted by atomic mass is 9.95. The Hall–Kier alpha value is -3.94. The van der Waals surface area contributed by atoms with Crippen LogP contribution in [0.1, 0.15) is 36.6 Å². The van der Waals surface area contributed by atoms with Crippen molar-refractivity contribution in [3.63, 3.8) is 0 Å². The quantitative estimate of drug-likeness (QED) is 0.0931. The normalized spacial score (nSPS) is 14.5. The fraction of sp³-hybridized carbons (Fsp3) is 0.226. The summed E-state index contributed by atoms with van der Waals surface area (Å²) in [5, 5.41) is 10.5. The van der Waals surface area contributed by atoms with Gasteiger partial charge in [-0.2, -0.15) is 5.10 Å². The molecule has 44 heavy (non-hydrogen) atoms. The van der Waals surface area contributed by atoms with Crippen molar-refractivity contribution in [3.8, 4) is 17.2 Å². The molecule has 0 aromatic heterocycles. The maximum atomic E-state index is 12.8. The Morgan fingerprint density at radius 1 is 1.05 bits per heavy atom. The monoisotopic (exact) mass is 744 g/mol. The van der Waals surface area contributed by atoms with Crippen LogP contribution in [0.5, 0.6) is 17.2 Å². The van der Waals surface area contributed by atoms with Crippen LogP contribution < -0.4 is 30.3 Å². The number of ether oxygens (including phenoxy) is 4. The standard InChI is InChI=1S/C31H30Br2N4O6S/c1-4-41-30(39)27-18(2)35-31(44)36-28(27)23-7-5-6-8-24(23)42-17-26(38)37-34-15-20-13-22(33)14-25(40-3)29(20)43-16-19-9-11-21(32)12-10-19/h5-15,28H,4,16-17H2,1-3H3,(H,37,38)(H2,35,36,44)/t28-/m1/s1. The summed E-state index contributed by atoms with van der Waals surface area (Å²) in [6.45, 7) is 3.67. The summed E-state index contributed by atoms with van der Waals surface area (Å²) in [4.78, 5) is 25.5. The summed E-state index contributed by atoms with van der Waals surface area (Å²) in [7, 11) is 1.55. The molecule has 0 saturated carbocycles. The highest BCUT2D eigenvalue weighted by Crippen LogP contribution is 2.35. The Morgan fingerprint density at radius 3 is 2.52 bits per heavy atom. The van der Waals surface area contributed by atoms with E-state index in [0.717, 1.165) is 14.5 Å². The average Bonchev–Trinajstić information content (AvgIpc) is 3.00. The molecule has 1 aliphatic rings. The van der Waals surface area contributed by atoms with Gasteiger partial charge in [0.05, 0.1) is 31.5 Å². The lowest BCUT2D eigenvalue weighted by molar-refractivity contribution is -0.139. The Balaban J connectivity index is 1.45. The topological polar surface area (TPSA) is 120 Å². The molecular weight excluding hydrogens is 716 g/mol. The number of thiocarbonyl (C=S) groups is 1. The molecule has 1 amide bonds. The first-order valence-corrected chi connectivity index (χ1v) is 15.4. The largest absolute Gasteiger partial charge is 0.493 e. The van der Waals surface area contributed by atoms with E-state index in [-0.39, 0.29) is 13.2 Å². The van der Waals surface area contributed by atoms with Crippen molar-refractivity contribution in [1.82, 2.24) is 16.1 Å². The van der Waals surface area contributed by atoms with Crippen molar-refractivity contribution in [2.75, 3.05) is 20.3 Å². The van der Waals surface area contributed by atoms with Crippen LogP contribution in [-0.4, -0.2) is 43.5 Å². The number of carbonyl (C=O) groups excluding carboxylic acids is 2. The number of nitrogens with one attached hydrogen (secondary N) is 3. The van der Waals surface area contributed by atoms with E-state index in [1.54, 1.807) is 57.4 Å². The van der Waals surface area contributed by atoms with Gasteiger partial charge >= 0.3 is 5.97 Å². The number of benzene rings is 3. The summed E-state index contributed by atoms with van der Waals surface area (Å²) in [6.07, 6.45) is 1.47. The minimum absolute atomic E-state index is 0.219. The van der Waals surface area contributed by atoms with Gasteiger partial charge in [0.1, 0.15) is 12.4 Å². The first-order chi connectivity index (χ1) is 21.2. The van der Waals surface area contributed by atoms with E-state index in [4.69, 9.17) is 31.2 Å².